The topological polar surface area (TPSA) is 58.1 Å². The van der Waals surface area contributed by atoms with Crippen LogP contribution in [0.2, 0.25) is 0 Å². The normalized spacial score (nSPS) is 15.3. The van der Waals surface area contributed by atoms with Crippen LogP contribution in [0.3, 0.4) is 0 Å². The van der Waals surface area contributed by atoms with Gasteiger partial charge in [-0.05, 0) is 50.3 Å². The maximum atomic E-state index is 12.4. The van der Waals surface area contributed by atoms with Gasteiger partial charge in [-0.3, -0.25) is 4.79 Å². The predicted molar refractivity (Wildman–Crippen MR) is 95.2 cm³/mol. The number of aromatic nitrogens is 2. The molecule has 0 unspecified atom stereocenters. The molecule has 1 amide bonds. The molecule has 2 aromatic rings. The van der Waals surface area contributed by atoms with E-state index in [0.717, 1.165) is 55.1 Å². The third-order valence-corrected chi connectivity index (χ3v) is 4.64. The third-order valence-electron chi connectivity index (χ3n) is 4.64. The summed E-state index contributed by atoms with van der Waals surface area (Å²) in [6.07, 6.45) is 5.65. The van der Waals surface area contributed by atoms with E-state index in [1.165, 1.54) is 0 Å². The molecule has 0 saturated carbocycles. The van der Waals surface area contributed by atoms with E-state index in [0.29, 0.717) is 5.92 Å². The molecule has 5 nitrogen and oxygen atoms in total. The lowest BCUT2D eigenvalue weighted by Crippen LogP contribution is -2.39. The van der Waals surface area contributed by atoms with Gasteiger partial charge in [-0.25, -0.2) is 9.97 Å². The lowest BCUT2D eigenvalue weighted by molar-refractivity contribution is 0.0944. The van der Waals surface area contributed by atoms with Crippen LogP contribution in [-0.2, 0) is 0 Å². The van der Waals surface area contributed by atoms with Crippen molar-refractivity contribution in [2.45, 2.75) is 26.7 Å². The fraction of sp³-hybridized carbons (Fsp3) is 0.421. The van der Waals surface area contributed by atoms with Gasteiger partial charge in [-0.1, -0.05) is 17.7 Å². The molecule has 1 aliphatic heterocycles. The van der Waals surface area contributed by atoms with Gasteiger partial charge in [0.05, 0.1) is 0 Å². The first-order valence-corrected chi connectivity index (χ1v) is 8.51. The molecule has 1 aromatic carbocycles. The molecular weight excluding hydrogens is 300 g/mol. The molecule has 1 fully saturated rings. The summed E-state index contributed by atoms with van der Waals surface area (Å²) in [5.41, 5.74) is 2.92. The van der Waals surface area contributed by atoms with Gasteiger partial charge in [0.25, 0.3) is 5.91 Å². The first-order chi connectivity index (χ1) is 11.6. The SMILES string of the molecule is Cc1ccc(C)c(C(=O)NCC2CCN(c3ncccn3)CC2)c1. The Labute approximate surface area is 143 Å². The van der Waals surface area contributed by atoms with Gasteiger partial charge in [-0.15, -0.1) is 0 Å². The number of carbonyl (C=O) groups is 1. The van der Waals surface area contributed by atoms with Crippen LogP contribution in [0.1, 0.15) is 34.3 Å². The first-order valence-electron chi connectivity index (χ1n) is 8.51. The molecule has 3 rings (SSSR count). The van der Waals surface area contributed by atoms with Gasteiger partial charge in [-0.2, -0.15) is 0 Å². The molecule has 2 heterocycles. The van der Waals surface area contributed by atoms with Crippen LogP contribution in [-0.4, -0.2) is 35.5 Å². The molecule has 0 spiro atoms. The van der Waals surface area contributed by atoms with Crippen molar-refractivity contribution in [1.29, 1.82) is 0 Å². The van der Waals surface area contributed by atoms with E-state index < -0.39 is 0 Å². The van der Waals surface area contributed by atoms with Crippen LogP contribution in [0.25, 0.3) is 0 Å². The van der Waals surface area contributed by atoms with Crippen LogP contribution < -0.4 is 10.2 Å². The molecule has 1 saturated heterocycles. The largest absolute Gasteiger partial charge is 0.352 e. The first kappa shape index (κ1) is 16.4. The van der Waals surface area contributed by atoms with E-state index in [1.807, 2.05) is 38.1 Å². The van der Waals surface area contributed by atoms with E-state index >= 15 is 0 Å². The number of benzene rings is 1. The molecule has 0 aliphatic carbocycles. The molecule has 24 heavy (non-hydrogen) atoms. The van der Waals surface area contributed by atoms with Crippen LogP contribution in [0, 0.1) is 19.8 Å². The van der Waals surface area contributed by atoms with E-state index in [1.54, 1.807) is 12.4 Å². The van der Waals surface area contributed by atoms with Crippen molar-refractivity contribution in [2.75, 3.05) is 24.5 Å². The van der Waals surface area contributed by atoms with Crippen LogP contribution in [0.15, 0.2) is 36.7 Å². The second kappa shape index (κ2) is 7.43. The minimum Gasteiger partial charge on any atom is -0.352 e. The Morgan fingerprint density at radius 1 is 1.21 bits per heavy atom. The maximum Gasteiger partial charge on any atom is 0.251 e. The summed E-state index contributed by atoms with van der Waals surface area (Å²) in [5, 5.41) is 3.10. The lowest BCUT2D eigenvalue weighted by Gasteiger charge is -2.32. The molecule has 0 radical (unpaired) electrons. The number of piperidine rings is 1. The molecular formula is C19H24N4O. The number of carbonyl (C=O) groups excluding carboxylic acids is 1. The zero-order valence-electron chi connectivity index (χ0n) is 14.3. The number of hydrogen-bond acceptors (Lipinski definition) is 4. The monoisotopic (exact) mass is 324 g/mol. The summed E-state index contributed by atoms with van der Waals surface area (Å²) in [6.45, 7) is 6.60. The summed E-state index contributed by atoms with van der Waals surface area (Å²) in [6, 6.07) is 7.83. The number of anilines is 1. The minimum absolute atomic E-state index is 0.0324. The number of nitrogens with one attached hydrogen (secondary N) is 1. The van der Waals surface area contributed by atoms with Gasteiger partial charge in [0.1, 0.15) is 0 Å². The molecule has 5 heteroatoms. The van der Waals surface area contributed by atoms with Crippen molar-refractivity contribution in [1.82, 2.24) is 15.3 Å². The molecule has 0 bridgehead atoms. The summed E-state index contributed by atoms with van der Waals surface area (Å²) < 4.78 is 0. The predicted octanol–water partition coefficient (Wildman–Crippen LogP) is 2.74. The molecule has 126 valence electrons. The molecule has 0 atom stereocenters. The Kier molecular flexibility index (Phi) is 5.08. The third kappa shape index (κ3) is 3.91. The highest BCUT2D eigenvalue weighted by atomic mass is 16.1. The van der Waals surface area contributed by atoms with Crippen molar-refractivity contribution in [3.63, 3.8) is 0 Å². The summed E-state index contributed by atoms with van der Waals surface area (Å²) in [4.78, 5) is 23.2. The highest BCUT2D eigenvalue weighted by Gasteiger charge is 2.21. The standard InChI is InChI=1S/C19H24N4O/c1-14-4-5-15(2)17(12-14)18(24)22-13-16-6-10-23(11-7-16)19-20-8-3-9-21-19/h3-5,8-9,12,16H,6-7,10-11,13H2,1-2H3,(H,22,24). The highest BCUT2D eigenvalue weighted by Crippen LogP contribution is 2.20. The van der Waals surface area contributed by atoms with Crippen molar-refractivity contribution >= 4 is 11.9 Å². The average molecular weight is 324 g/mol. The van der Waals surface area contributed by atoms with E-state index in [-0.39, 0.29) is 5.91 Å². The van der Waals surface area contributed by atoms with Crippen LogP contribution in [0.5, 0.6) is 0 Å². The summed E-state index contributed by atoms with van der Waals surface area (Å²) >= 11 is 0. The number of nitrogens with zero attached hydrogens (tertiary/aromatic N) is 3. The van der Waals surface area contributed by atoms with Crippen LogP contribution in [0.4, 0.5) is 5.95 Å². The van der Waals surface area contributed by atoms with E-state index in [9.17, 15) is 4.79 Å². The highest BCUT2D eigenvalue weighted by molar-refractivity contribution is 5.95. The molecule has 1 aliphatic rings. The van der Waals surface area contributed by atoms with Gasteiger partial charge >= 0.3 is 0 Å². The number of rotatable bonds is 4. The van der Waals surface area contributed by atoms with Gasteiger partial charge in [0.2, 0.25) is 5.95 Å². The fourth-order valence-electron chi connectivity index (χ4n) is 3.10. The average Bonchev–Trinajstić information content (AvgIpc) is 2.63. The van der Waals surface area contributed by atoms with E-state index in [2.05, 4.69) is 20.2 Å². The van der Waals surface area contributed by atoms with Crippen molar-refractivity contribution in [2.24, 2.45) is 5.92 Å². The van der Waals surface area contributed by atoms with Gasteiger partial charge in [0, 0.05) is 37.6 Å². The Morgan fingerprint density at radius 3 is 2.62 bits per heavy atom. The zero-order chi connectivity index (χ0) is 16.9. The zero-order valence-corrected chi connectivity index (χ0v) is 14.3. The Bertz CT molecular complexity index is 694. The smallest absolute Gasteiger partial charge is 0.251 e. The quantitative estimate of drug-likeness (QED) is 0.939. The molecule has 1 aromatic heterocycles. The fourth-order valence-corrected chi connectivity index (χ4v) is 3.10. The Morgan fingerprint density at radius 2 is 1.92 bits per heavy atom. The number of aryl methyl sites for hydroxylation is 2. The summed E-state index contributed by atoms with van der Waals surface area (Å²) in [5.74, 6) is 1.35. The maximum absolute atomic E-state index is 12.4. The van der Waals surface area contributed by atoms with Gasteiger partial charge in [0.15, 0.2) is 0 Å². The second-order valence-corrected chi connectivity index (χ2v) is 6.51. The van der Waals surface area contributed by atoms with Crippen LogP contribution >= 0.6 is 0 Å². The summed E-state index contributed by atoms with van der Waals surface area (Å²) in [7, 11) is 0. The lowest BCUT2D eigenvalue weighted by atomic mass is 9.96. The van der Waals surface area contributed by atoms with Crippen molar-refractivity contribution < 1.29 is 4.79 Å². The van der Waals surface area contributed by atoms with Crippen molar-refractivity contribution in [3.05, 3.63) is 53.3 Å². The minimum atomic E-state index is 0.0324. The van der Waals surface area contributed by atoms with Gasteiger partial charge < -0.3 is 10.2 Å². The Balaban J connectivity index is 1.50. The second-order valence-electron chi connectivity index (χ2n) is 6.51. The van der Waals surface area contributed by atoms with E-state index in [4.69, 9.17) is 0 Å². The number of hydrogen-bond donors (Lipinski definition) is 1. The molecule has 1 N–H and O–H groups in total. The number of amides is 1. The Hall–Kier alpha value is -2.43. The van der Waals surface area contributed by atoms with Crippen molar-refractivity contribution in [3.8, 4) is 0 Å².